The number of pyridine rings is 2. The van der Waals surface area contributed by atoms with E-state index in [0.717, 1.165) is 27.8 Å². The number of ether oxygens (including phenoxy) is 3. The van der Waals surface area contributed by atoms with Crippen LogP contribution in [0.25, 0.3) is 33.4 Å². The molecule has 2 atom stereocenters. The Labute approximate surface area is 330 Å². The molecule has 3 aromatic carbocycles. The lowest BCUT2D eigenvalue weighted by atomic mass is 9.81. The molecule has 0 unspecified atom stereocenters. The number of carbonyl (C=O) groups excluding carboxylic acids is 4. The van der Waals surface area contributed by atoms with Crippen LogP contribution in [-0.2, 0) is 49.0 Å². The second-order valence-electron chi connectivity index (χ2n) is 14.9. The van der Waals surface area contributed by atoms with Crippen LogP contribution in [0.4, 0.5) is 14.0 Å². The van der Waals surface area contributed by atoms with Crippen molar-refractivity contribution in [2.75, 3.05) is 19.9 Å². The number of nitrogens with zero attached hydrogens (tertiary/aromatic N) is 2. The summed E-state index contributed by atoms with van der Waals surface area (Å²) in [6.07, 6.45) is -0.0994. The Morgan fingerprint density at radius 3 is 2.48 bits per heavy atom. The van der Waals surface area contributed by atoms with Gasteiger partial charge in [-0.1, -0.05) is 55.5 Å². The first-order valence-corrected chi connectivity index (χ1v) is 19.1. The maximum atomic E-state index is 15.3. The number of hydrogen-bond donors (Lipinski definition) is 4. The maximum absolute atomic E-state index is 15.3. The molecule has 2 aliphatic heterocycles. The summed E-state index contributed by atoms with van der Waals surface area (Å²) >= 11 is 0. The molecule has 4 N–H and O–H groups in total. The zero-order valence-electron chi connectivity index (χ0n) is 31.6. The van der Waals surface area contributed by atoms with E-state index in [1.165, 1.54) is 10.6 Å². The zero-order chi connectivity index (χ0) is 40.5. The van der Waals surface area contributed by atoms with E-state index < -0.39 is 60.4 Å². The molecule has 0 bridgehead atoms. The van der Waals surface area contributed by atoms with Crippen molar-refractivity contribution >= 4 is 34.9 Å². The smallest absolute Gasteiger partial charge is 0.415 e. The monoisotopic (exact) mass is 787 g/mol. The molecule has 5 aromatic rings. The lowest BCUT2D eigenvalue weighted by Crippen LogP contribution is -2.44. The van der Waals surface area contributed by atoms with Crippen LogP contribution in [0.5, 0.6) is 0 Å². The van der Waals surface area contributed by atoms with Crippen LogP contribution in [0.15, 0.2) is 65.5 Å². The molecule has 4 amide bonds. The molecule has 0 saturated carbocycles. The van der Waals surface area contributed by atoms with Gasteiger partial charge in [0.15, 0.2) is 5.60 Å². The third-order valence-electron chi connectivity index (χ3n) is 11.8. The standard InChI is InChI=1S/C43H38FN5O9/c1-3-43(55)30-14-34-38-27(16-49(34)39(51)29(30)18-57-40(43)52)37-32(13-12-22-21(2)31(44)15-33(47-38)36(22)37)46-35(50)19-56-20-45-41(53)48-42(54)58-17-28-25-10-6-4-8-23(25)24-9-5-7-11-26(24)28/h4-11,14-15,28,32,55H,3,12-13,16-20H2,1-2H3,(H,46,50)(H2,45,48,53,54)/t32-,43-/m0/s1. The predicted octanol–water partition coefficient (Wildman–Crippen LogP) is 4.85. The van der Waals surface area contributed by atoms with Crippen LogP contribution >= 0.6 is 0 Å². The SMILES string of the molecule is CC[C@@]1(O)C(=O)OCc2c1cc1n(c2=O)Cc2c-1nc1cc(F)c(C)c3c1c2[C@@H](NC(=O)COCNC(=O)NC(=O)OCC1c2ccccc2-c2ccccc21)CC3. The molecule has 14 nitrogen and oxygen atoms in total. The molecule has 296 valence electrons. The second kappa shape index (κ2) is 14.2. The summed E-state index contributed by atoms with van der Waals surface area (Å²) in [5, 5.41) is 19.5. The Kier molecular flexibility index (Phi) is 9.08. The number of hydrogen-bond acceptors (Lipinski definition) is 10. The molecule has 0 fully saturated rings. The van der Waals surface area contributed by atoms with E-state index in [-0.39, 0.29) is 43.2 Å². The number of fused-ring (bicyclic) bond motifs is 8. The first kappa shape index (κ1) is 37.1. The van der Waals surface area contributed by atoms with Gasteiger partial charge in [0.05, 0.1) is 35.1 Å². The highest BCUT2D eigenvalue weighted by Crippen LogP contribution is 2.47. The molecule has 15 heteroatoms. The minimum Gasteiger partial charge on any atom is -0.458 e. The molecule has 9 rings (SSSR count). The number of halogens is 1. The predicted molar refractivity (Wildman–Crippen MR) is 206 cm³/mol. The van der Waals surface area contributed by atoms with E-state index in [0.29, 0.717) is 51.8 Å². The molecule has 0 spiro atoms. The highest BCUT2D eigenvalue weighted by molar-refractivity contribution is 5.94. The maximum Gasteiger partial charge on any atom is 0.415 e. The van der Waals surface area contributed by atoms with Crippen LogP contribution < -0.4 is 21.5 Å². The Morgan fingerprint density at radius 2 is 1.76 bits per heavy atom. The van der Waals surface area contributed by atoms with E-state index in [2.05, 4.69) is 16.0 Å². The van der Waals surface area contributed by atoms with Gasteiger partial charge in [-0.2, -0.15) is 0 Å². The molecule has 4 aliphatic rings. The summed E-state index contributed by atoms with van der Waals surface area (Å²) in [7, 11) is 0. The molecule has 2 aliphatic carbocycles. The summed E-state index contributed by atoms with van der Waals surface area (Å²) in [5.74, 6) is -1.96. The fourth-order valence-electron chi connectivity index (χ4n) is 8.97. The van der Waals surface area contributed by atoms with Gasteiger partial charge >= 0.3 is 18.1 Å². The van der Waals surface area contributed by atoms with Gasteiger partial charge in [-0.3, -0.25) is 9.59 Å². The fourth-order valence-corrected chi connectivity index (χ4v) is 8.97. The normalized spacial score (nSPS) is 18.3. The van der Waals surface area contributed by atoms with Crippen LogP contribution in [0.2, 0.25) is 0 Å². The molecule has 58 heavy (non-hydrogen) atoms. The van der Waals surface area contributed by atoms with Crippen LogP contribution in [0.1, 0.15) is 76.2 Å². The van der Waals surface area contributed by atoms with E-state index in [9.17, 15) is 29.1 Å². The summed E-state index contributed by atoms with van der Waals surface area (Å²) in [5.41, 5.74) is 5.76. The van der Waals surface area contributed by atoms with E-state index in [4.69, 9.17) is 19.2 Å². The van der Waals surface area contributed by atoms with Gasteiger partial charge in [0.25, 0.3) is 5.56 Å². The molecule has 2 aromatic heterocycles. The number of aromatic nitrogens is 2. The summed E-state index contributed by atoms with van der Waals surface area (Å²) in [4.78, 5) is 69.7. The van der Waals surface area contributed by atoms with Crippen molar-refractivity contribution in [2.24, 2.45) is 0 Å². The molecule has 4 heterocycles. The van der Waals surface area contributed by atoms with Gasteiger partial charge in [0.1, 0.15) is 32.4 Å². The van der Waals surface area contributed by atoms with Gasteiger partial charge < -0.3 is 34.5 Å². The number of nitrogens with one attached hydrogen (secondary N) is 3. The van der Waals surface area contributed by atoms with Gasteiger partial charge in [-0.25, -0.2) is 29.1 Å². The Morgan fingerprint density at radius 1 is 1.03 bits per heavy atom. The van der Waals surface area contributed by atoms with Crippen molar-refractivity contribution < 1.29 is 42.9 Å². The van der Waals surface area contributed by atoms with Gasteiger partial charge in [0, 0.05) is 28.5 Å². The van der Waals surface area contributed by atoms with E-state index in [1.54, 1.807) is 19.9 Å². The Hall–Kier alpha value is -6.45. The third kappa shape index (κ3) is 5.91. The number of amides is 4. The van der Waals surface area contributed by atoms with Gasteiger partial charge in [-0.15, -0.1) is 0 Å². The van der Waals surface area contributed by atoms with Gasteiger partial charge in [0.2, 0.25) is 5.91 Å². The number of cyclic esters (lactones) is 1. The number of benzene rings is 3. The minimum absolute atomic E-state index is 0.0201. The molecular formula is C43H38FN5O9. The van der Waals surface area contributed by atoms with Crippen molar-refractivity contribution in [3.8, 4) is 22.5 Å². The number of esters is 1. The minimum atomic E-state index is -2.02. The molecular weight excluding hydrogens is 749 g/mol. The summed E-state index contributed by atoms with van der Waals surface area (Å²) in [6, 6.07) is 17.3. The van der Waals surface area contributed by atoms with E-state index in [1.807, 2.05) is 48.5 Å². The van der Waals surface area contributed by atoms with Crippen LogP contribution in [0.3, 0.4) is 0 Å². The number of carbonyl (C=O) groups is 4. The van der Waals surface area contributed by atoms with Crippen molar-refractivity contribution in [3.05, 3.63) is 121 Å². The van der Waals surface area contributed by atoms with E-state index >= 15 is 4.39 Å². The second-order valence-corrected chi connectivity index (χ2v) is 14.9. The van der Waals surface area contributed by atoms with Crippen molar-refractivity contribution in [1.29, 1.82) is 0 Å². The quantitative estimate of drug-likeness (QED) is 0.0944. The summed E-state index contributed by atoms with van der Waals surface area (Å²) in [6.45, 7) is 2.31. The van der Waals surface area contributed by atoms with Crippen LogP contribution in [0, 0.1) is 12.7 Å². The largest absolute Gasteiger partial charge is 0.458 e. The number of urea groups is 1. The Balaban J connectivity index is 0.866. The number of aryl methyl sites for hydroxylation is 1. The zero-order valence-corrected chi connectivity index (χ0v) is 31.6. The van der Waals surface area contributed by atoms with Gasteiger partial charge in [-0.05, 0) is 71.2 Å². The lowest BCUT2D eigenvalue weighted by molar-refractivity contribution is -0.172. The number of alkyl carbamates (subject to hydrolysis) is 1. The number of rotatable bonds is 8. The lowest BCUT2D eigenvalue weighted by Gasteiger charge is -2.31. The average molecular weight is 788 g/mol. The van der Waals surface area contributed by atoms with Crippen LogP contribution in [-0.4, -0.2) is 58.6 Å². The first-order chi connectivity index (χ1) is 28.0. The average Bonchev–Trinajstić information content (AvgIpc) is 3.75. The fraction of sp³-hybridized carbons (Fsp3) is 0.302. The van der Waals surface area contributed by atoms with Crippen molar-refractivity contribution in [2.45, 2.75) is 63.8 Å². The number of aliphatic hydroxyl groups is 1. The van der Waals surface area contributed by atoms with Crippen molar-refractivity contribution in [1.82, 2.24) is 25.5 Å². The first-order valence-electron chi connectivity index (χ1n) is 19.1. The molecule has 0 radical (unpaired) electrons. The summed E-state index contributed by atoms with van der Waals surface area (Å²) < 4.78 is 32.8. The Bertz CT molecular complexity index is 2630. The molecule has 0 saturated heterocycles. The highest BCUT2D eigenvalue weighted by Gasteiger charge is 2.46. The topological polar surface area (TPSA) is 187 Å². The van der Waals surface area contributed by atoms with Crippen molar-refractivity contribution in [3.63, 3.8) is 0 Å². The highest BCUT2D eigenvalue weighted by atomic mass is 19.1. The third-order valence-corrected chi connectivity index (χ3v) is 11.8. The number of imide groups is 1.